The topological polar surface area (TPSA) is 69.9 Å². The van der Waals surface area contributed by atoms with Crippen LogP contribution in [0.5, 0.6) is 0 Å². The van der Waals surface area contributed by atoms with Gasteiger partial charge in [-0.3, -0.25) is 4.57 Å². The second kappa shape index (κ2) is 9.11. The SMILES string of the molecule is c1ccc(-c2nc(-c3cccc4c3oc3ccccc34)nc(-n3c4ccccc4c4c5oc6ccccc6c5ccc43)n2)cc1. The molecule has 0 aliphatic heterocycles. The largest absolute Gasteiger partial charge is 0.455 e. The van der Waals surface area contributed by atoms with Crippen LogP contribution < -0.4 is 0 Å². The van der Waals surface area contributed by atoms with Gasteiger partial charge < -0.3 is 8.83 Å². The third-order valence-electron chi connectivity index (χ3n) is 8.68. The van der Waals surface area contributed by atoms with Gasteiger partial charge in [0.2, 0.25) is 5.95 Å². The molecule has 0 fully saturated rings. The van der Waals surface area contributed by atoms with Gasteiger partial charge in [0.15, 0.2) is 11.6 Å². The summed E-state index contributed by atoms with van der Waals surface area (Å²) in [6.07, 6.45) is 0. The molecule has 4 aromatic heterocycles. The van der Waals surface area contributed by atoms with Crippen molar-refractivity contribution in [3.8, 4) is 28.7 Å². The third-order valence-corrected chi connectivity index (χ3v) is 8.68. The lowest BCUT2D eigenvalue weighted by Crippen LogP contribution is -2.06. The quantitative estimate of drug-likeness (QED) is 0.209. The van der Waals surface area contributed by atoms with Crippen LogP contribution in [0.3, 0.4) is 0 Å². The van der Waals surface area contributed by atoms with Gasteiger partial charge in [-0.2, -0.15) is 9.97 Å². The van der Waals surface area contributed by atoms with Gasteiger partial charge in [0.05, 0.1) is 22.0 Å². The van der Waals surface area contributed by atoms with E-state index in [1.54, 1.807) is 0 Å². The lowest BCUT2D eigenvalue weighted by molar-refractivity contribution is 0.669. The van der Waals surface area contributed by atoms with Gasteiger partial charge in [-0.25, -0.2) is 4.98 Å². The standard InChI is InChI=1S/C39H22N4O2/c1-2-11-23(12-3-1)37-40-38(29-17-10-16-26-24-13-5-8-19-32(24)44-35(26)29)42-39(41-37)43-30-18-7-4-15-28(30)34-31(43)22-21-27-25-14-6-9-20-33(25)45-36(27)34/h1-22H. The molecule has 0 bridgehead atoms. The highest BCUT2D eigenvalue weighted by molar-refractivity contribution is 6.23. The first-order valence-electron chi connectivity index (χ1n) is 14.9. The van der Waals surface area contributed by atoms with Crippen LogP contribution in [-0.4, -0.2) is 19.5 Å². The van der Waals surface area contributed by atoms with Crippen LogP contribution in [0.2, 0.25) is 0 Å². The molecule has 0 atom stereocenters. The van der Waals surface area contributed by atoms with E-state index in [9.17, 15) is 0 Å². The zero-order valence-corrected chi connectivity index (χ0v) is 23.8. The van der Waals surface area contributed by atoms with Crippen molar-refractivity contribution < 1.29 is 8.83 Å². The summed E-state index contributed by atoms with van der Waals surface area (Å²) in [4.78, 5) is 15.3. The fourth-order valence-corrected chi connectivity index (χ4v) is 6.68. The molecular weight excluding hydrogens is 556 g/mol. The van der Waals surface area contributed by atoms with E-state index in [-0.39, 0.29) is 0 Å². The van der Waals surface area contributed by atoms with E-state index in [0.717, 1.165) is 76.8 Å². The highest BCUT2D eigenvalue weighted by Gasteiger charge is 2.22. The summed E-state index contributed by atoms with van der Waals surface area (Å²) in [6, 6.07) is 45.0. The molecule has 0 saturated carbocycles. The Labute approximate surface area is 255 Å². The van der Waals surface area contributed by atoms with Gasteiger partial charge in [-0.15, -0.1) is 0 Å². The number of rotatable bonds is 3. The molecule has 0 radical (unpaired) electrons. The average molecular weight is 579 g/mol. The first-order chi connectivity index (χ1) is 22.3. The van der Waals surface area contributed by atoms with E-state index in [0.29, 0.717) is 17.6 Å². The predicted molar refractivity (Wildman–Crippen MR) is 180 cm³/mol. The van der Waals surface area contributed by atoms with Gasteiger partial charge >= 0.3 is 0 Å². The Morgan fingerprint density at radius 1 is 0.422 bits per heavy atom. The first kappa shape index (κ1) is 24.2. The van der Waals surface area contributed by atoms with Gasteiger partial charge in [0, 0.05) is 32.5 Å². The number of fused-ring (bicyclic) bond motifs is 10. The number of benzene rings is 6. The van der Waals surface area contributed by atoms with E-state index in [4.69, 9.17) is 23.8 Å². The Hall–Kier alpha value is -6.27. The second-order valence-electron chi connectivity index (χ2n) is 11.2. The van der Waals surface area contributed by atoms with Crippen LogP contribution in [0.4, 0.5) is 0 Å². The molecule has 0 spiro atoms. The Bertz CT molecular complexity index is 2770. The maximum Gasteiger partial charge on any atom is 0.238 e. The summed E-state index contributed by atoms with van der Waals surface area (Å²) < 4.78 is 15.0. The normalized spacial score (nSPS) is 12.0. The molecule has 0 saturated heterocycles. The average Bonchev–Trinajstić information content (AvgIpc) is 3.78. The maximum atomic E-state index is 6.51. The van der Waals surface area contributed by atoms with Crippen LogP contribution in [0.15, 0.2) is 142 Å². The molecule has 4 heterocycles. The van der Waals surface area contributed by atoms with E-state index in [1.807, 2.05) is 84.9 Å². The molecule has 10 rings (SSSR count). The molecule has 6 heteroatoms. The maximum absolute atomic E-state index is 6.51. The molecule has 6 nitrogen and oxygen atoms in total. The fraction of sp³-hybridized carbons (Fsp3) is 0. The van der Waals surface area contributed by atoms with E-state index in [1.165, 1.54) is 0 Å². The second-order valence-corrected chi connectivity index (χ2v) is 11.2. The number of hydrogen-bond donors (Lipinski definition) is 0. The van der Waals surface area contributed by atoms with Gasteiger partial charge in [-0.05, 0) is 36.4 Å². The van der Waals surface area contributed by atoms with Crippen molar-refractivity contribution in [2.75, 3.05) is 0 Å². The van der Waals surface area contributed by atoms with Crippen LogP contribution >= 0.6 is 0 Å². The number of nitrogens with zero attached hydrogens (tertiary/aromatic N) is 4. The highest BCUT2D eigenvalue weighted by Crippen LogP contribution is 2.41. The predicted octanol–water partition coefficient (Wildman–Crippen LogP) is 10.1. The molecule has 0 amide bonds. The molecular formula is C39H22N4O2. The highest BCUT2D eigenvalue weighted by atomic mass is 16.3. The minimum absolute atomic E-state index is 0.522. The van der Waals surface area contributed by atoms with Crippen LogP contribution in [0.25, 0.3) is 94.4 Å². The van der Waals surface area contributed by atoms with Crippen molar-refractivity contribution >= 4 is 65.7 Å². The number of para-hydroxylation sites is 4. The van der Waals surface area contributed by atoms with Crippen molar-refractivity contribution in [1.29, 1.82) is 0 Å². The van der Waals surface area contributed by atoms with Crippen molar-refractivity contribution in [2.24, 2.45) is 0 Å². The summed E-state index contributed by atoms with van der Waals surface area (Å²) in [7, 11) is 0. The lowest BCUT2D eigenvalue weighted by Gasteiger charge is -2.11. The summed E-state index contributed by atoms with van der Waals surface area (Å²) in [6.45, 7) is 0. The number of aromatic nitrogens is 4. The van der Waals surface area contributed by atoms with E-state index in [2.05, 4.69) is 53.1 Å². The molecule has 6 aromatic carbocycles. The van der Waals surface area contributed by atoms with Crippen molar-refractivity contribution in [1.82, 2.24) is 19.5 Å². The Morgan fingerprint density at radius 3 is 1.84 bits per heavy atom. The Balaban J connectivity index is 1.31. The Kier molecular flexibility index (Phi) is 4.90. The molecule has 210 valence electrons. The first-order valence-corrected chi connectivity index (χ1v) is 14.9. The number of hydrogen-bond acceptors (Lipinski definition) is 5. The van der Waals surface area contributed by atoms with Crippen molar-refractivity contribution in [2.45, 2.75) is 0 Å². The summed E-state index contributed by atoms with van der Waals surface area (Å²) in [5, 5.41) is 6.36. The third kappa shape index (κ3) is 3.48. The minimum Gasteiger partial charge on any atom is -0.455 e. The zero-order chi connectivity index (χ0) is 29.5. The minimum atomic E-state index is 0.522. The summed E-state index contributed by atoms with van der Waals surface area (Å²) >= 11 is 0. The smallest absolute Gasteiger partial charge is 0.238 e. The molecule has 45 heavy (non-hydrogen) atoms. The van der Waals surface area contributed by atoms with E-state index >= 15 is 0 Å². The van der Waals surface area contributed by atoms with Crippen molar-refractivity contribution in [3.63, 3.8) is 0 Å². The van der Waals surface area contributed by atoms with Gasteiger partial charge in [-0.1, -0.05) is 97.1 Å². The van der Waals surface area contributed by atoms with E-state index < -0.39 is 0 Å². The molecule has 10 aromatic rings. The molecule has 0 N–H and O–H groups in total. The monoisotopic (exact) mass is 578 g/mol. The molecule has 0 unspecified atom stereocenters. The fourth-order valence-electron chi connectivity index (χ4n) is 6.68. The van der Waals surface area contributed by atoms with Crippen LogP contribution in [0.1, 0.15) is 0 Å². The number of furan rings is 2. The van der Waals surface area contributed by atoms with Crippen LogP contribution in [-0.2, 0) is 0 Å². The molecule has 0 aliphatic rings. The lowest BCUT2D eigenvalue weighted by atomic mass is 10.1. The Morgan fingerprint density at radius 2 is 1.04 bits per heavy atom. The summed E-state index contributed by atoms with van der Waals surface area (Å²) in [5.41, 5.74) is 6.96. The van der Waals surface area contributed by atoms with Crippen LogP contribution in [0, 0.1) is 0 Å². The van der Waals surface area contributed by atoms with Gasteiger partial charge in [0.25, 0.3) is 0 Å². The van der Waals surface area contributed by atoms with Crippen molar-refractivity contribution in [3.05, 3.63) is 133 Å². The van der Waals surface area contributed by atoms with Gasteiger partial charge in [0.1, 0.15) is 22.3 Å². The summed E-state index contributed by atoms with van der Waals surface area (Å²) in [5.74, 6) is 1.65. The zero-order valence-electron chi connectivity index (χ0n) is 23.8. The molecule has 0 aliphatic carbocycles.